The molecule has 0 bridgehead atoms. The second kappa shape index (κ2) is 9.43. The molecular formula is C24H31N5O4. The van der Waals surface area contributed by atoms with Crippen LogP contribution in [0, 0.1) is 0 Å². The summed E-state index contributed by atoms with van der Waals surface area (Å²) in [6.07, 6.45) is 6.74. The first-order valence-electron chi connectivity index (χ1n) is 12.0. The van der Waals surface area contributed by atoms with Gasteiger partial charge in [0, 0.05) is 48.7 Å². The number of urea groups is 1. The average molecular weight is 454 g/mol. The molecule has 3 aliphatic rings. The molecule has 176 valence electrons. The molecule has 0 spiro atoms. The van der Waals surface area contributed by atoms with Gasteiger partial charge in [0.25, 0.3) is 5.91 Å². The number of carbonyl (C=O) groups is 3. The van der Waals surface area contributed by atoms with Crippen molar-refractivity contribution in [3.63, 3.8) is 0 Å². The van der Waals surface area contributed by atoms with Gasteiger partial charge in [-0.05, 0) is 49.9 Å². The zero-order chi connectivity index (χ0) is 22.8. The molecule has 5 rings (SSSR count). The highest BCUT2D eigenvalue weighted by Crippen LogP contribution is 2.30. The Hall–Kier alpha value is -3.07. The topological polar surface area (TPSA) is 113 Å². The van der Waals surface area contributed by atoms with Gasteiger partial charge in [-0.25, -0.2) is 4.79 Å². The van der Waals surface area contributed by atoms with Crippen LogP contribution in [0.25, 0.3) is 10.9 Å². The van der Waals surface area contributed by atoms with Crippen molar-refractivity contribution in [2.24, 2.45) is 0 Å². The van der Waals surface area contributed by atoms with Gasteiger partial charge < -0.3 is 30.6 Å². The van der Waals surface area contributed by atoms with Gasteiger partial charge in [-0.3, -0.25) is 9.59 Å². The van der Waals surface area contributed by atoms with Gasteiger partial charge in [0.05, 0.1) is 12.1 Å². The van der Waals surface area contributed by atoms with Crippen LogP contribution in [-0.2, 0) is 9.53 Å². The monoisotopic (exact) mass is 453 g/mol. The minimum Gasteiger partial charge on any atom is -0.376 e. The van der Waals surface area contributed by atoms with Crippen LogP contribution < -0.4 is 21.3 Å². The minimum absolute atomic E-state index is 0.0543. The van der Waals surface area contributed by atoms with Crippen molar-refractivity contribution in [3.8, 4) is 0 Å². The van der Waals surface area contributed by atoms with E-state index in [1.54, 1.807) is 0 Å². The summed E-state index contributed by atoms with van der Waals surface area (Å²) < 4.78 is 7.52. The number of amides is 4. The quantitative estimate of drug-likeness (QED) is 0.538. The highest BCUT2D eigenvalue weighted by molar-refractivity contribution is 6.01. The number of ether oxygens (including phenoxy) is 1. The van der Waals surface area contributed by atoms with Crippen molar-refractivity contribution >= 4 is 34.4 Å². The molecule has 9 nitrogen and oxygen atoms in total. The van der Waals surface area contributed by atoms with E-state index >= 15 is 0 Å². The lowest BCUT2D eigenvalue weighted by molar-refractivity contribution is -0.122. The molecule has 1 saturated heterocycles. The third kappa shape index (κ3) is 4.83. The summed E-state index contributed by atoms with van der Waals surface area (Å²) in [4.78, 5) is 37.4. The lowest BCUT2D eigenvalue weighted by Gasteiger charge is -2.27. The number of fused-ring (bicyclic) bond motifs is 3. The van der Waals surface area contributed by atoms with E-state index in [1.165, 1.54) is 0 Å². The van der Waals surface area contributed by atoms with Gasteiger partial charge >= 0.3 is 6.03 Å². The number of hydrogen-bond acceptors (Lipinski definition) is 4. The number of rotatable bonds is 6. The highest BCUT2D eigenvalue weighted by Gasteiger charge is 2.29. The Labute approximate surface area is 192 Å². The van der Waals surface area contributed by atoms with E-state index in [4.69, 9.17) is 4.74 Å². The Morgan fingerprint density at radius 3 is 2.76 bits per heavy atom. The van der Waals surface area contributed by atoms with E-state index < -0.39 is 0 Å². The first-order chi connectivity index (χ1) is 16.1. The molecular weight excluding hydrogens is 422 g/mol. The molecule has 1 aromatic heterocycles. The zero-order valence-corrected chi connectivity index (χ0v) is 18.7. The smallest absolute Gasteiger partial charge is 0.319 e. The van der Waals surface area contributed by atoms with Gasteiger partial charge in [-0.15, -0.1) is 0 Å². The number of anilines is 1. The fraction of sp³-hybridized carbons (Fsp3) is 0.542. The fourth-order valence-electron chi connectivity index (χ4n) is 5.18. The first-order valence-corrected chi connectivity index (χ1v) is 12.0. The second-order valence-corrected chi connectivity index (χ2v) is 9.26. The van der Waals surface area contributed by atoms with Gasteiger partial charge in [-0.2, -0.15) is 0 Å². The molecule has 9 heteroatoms. The highest BCUT2D eigenvalue weighted by atomic mass is 16.5. The molecule has 3 heterocycles. The van der Waals surface area contributed by atoms with Crippen LogP contribution in [-0.4, -0.2) is 54.3 Å². The summed E-state index contributed by atoms with van der Waals surface area (Å²) in [6.45, 7) is 1.68. The number of nitrogens with zero attached hydrogens (tertiary/aromatic N) is 1. The standard InChI is InChI=1S/C24H31N5O4/c30-22(25-14-19-6-3-9-33-19)12-18-13-26-23(31)21-11-15-10-17(7-8-20(15)29(18)21)28-24(32)27-16-4-1-2-5-16/h7-8,10-11,16,18-19H,1-6,9,12-14H2,(H,25,30)(H,26,31)(H2,27,28,32). The fourth-order valence-corrected chi connectivity index (χ4v) is 5.18. The number of aromatic nitrogens is 1. The lowest BCUT2D eigenvalue weighted by atomic mass is 10.1. The summed E-state index contributed by atoms with van der Waals surface area (Å²) >= 11 is 0. The van der Waals surface area contributed by atoms with Crippen molar-refractivity contribution in [2.75, 3.05) is 25.0 Å². The van der Waals surface area contributed by atoms with Gasteiger partial charge in [0.1, 0.15) is 5.69 Å². The van der Waals surface area contributed by atoms with Crippen LogP contribution in [0.15, 0.2) is 24.3 Å². The summed E-state index contributed by atoms with van der Waals surface area (Å²) in [5.41, 5.74) is 2.08. The molecule has 1 saturated carbocycles. The van der Waals surface area contributed by atoms with Gasteiger partial charge in [0.15, 0.2) is 0 Å². The first kappa shape index (κ1) is 21.8. The van der Waals surface area contributed by atoms with Gasteiger partial charge in [-0.1, -0.05) is 12.8 Å². The van der Waals surface area contributed by atoms with Crippen molar-refractivity contribution in [2.45, 2.75) is 63.1 Å². The summed E-state index contributed by atoms with van der Waals surface area (Å²) in [6, 6.07) is 7.29. The van der Waals surface area contributed by atoms with Crippen molar-refractivity contribution in [1.29, 1.82) is 0 Å². The molecule has 2 fully saturated rings. The van der Waals surface area contributed by atoms with Crippen LogP contribution in [0.1, 0.15) is 61.5 Å². The Balaban J connectivity index is 1.29. The summed E-state index contributed by atoms with van der Waals surface area (Å²) in [7, 11) is 0. The van der Waals surface area contributed by atoms with Crippen LogP contribution in [0.4, 0.5) is 10.5 Å². The Bertz CT molecular complexity index is 1050. The Kier molecular flexibility index (Phi) is 6.22. The maximum absolute atomic E-state index is 12.6. The number of nitrogens with one attached hydrogen (secondary N) is 4. The predicted octanol–water partition coefficient (Wildman–Crippen LogP) is 2.68. The largest absolute Gasteiger partial charge is 0.376 e. The lowest BCUT2D eigenvalue weighted by Crippen LogP contribution is -2.41. The third-order valence-corrected chi connectivity index (χ3v) is 6.86. The maximum Gasteiger partial charge on any atom is 0.319 e. The second-order valence-electron chi connectivity index (χ2n) is 9.26. The molecule has 1 aliphatic carbocycles. The van der Waals surface area contributed by atoms with E-state index in [-0.39, 0.29) is 42.5 Å². The molecule has 1 aromatic carbocycles. The van der Waals surface area contributed by atoms with Crippen LogP contribution in [0.5, 0.6) is 0 Å². The normalized spacial score (nSPS) is 22.7. The van der Waals surface area contributed by atoms with E-state index in [1.807, 2.05) is 28.8 Å². The van der Waals surface area contributed by atoms with E-state index in [9.17, 15) is 14.4 Å². The molecule has 2 aliphatic heterocycles. The number of benzene rings is 1. The molecule has 2 unspecified atom stereocenters. The molecule has 0 radical (unpaired) electrons. The number of hydrogen-bond donors (Lipinski definition) is 4. The average Bonchev–Trinajstić information content (AvgIpc) is 3.55. The van der Waals surface area contributed by atoms with Crippen LogP contribution in [0.3, 0.4) is 0 Å². The third-order valence-electron chi connectivity index (χ3n) is 6.86. The van der Waals surface area contributed by atoms with Gasteiger partial charge in [0.2, 0.25) is 5.91 Å². The van der Waals surface area contributed by atoms with Crippen molar-refractivity contribution < 1.29 is 19.1 Å². The molecule has 4 N–H and O–H groups in total. The maximum atomic E-state index is 12.6. The SMILES string of the molecule is O=C(CC1CNC(=O)c2cc3cc(NC(=O)NC4CCCC4)ccc3n21)NCC1CCCO1. The summed E-state index contributed by atoms with van der Waals surface area (Å²) in [5, 5.41) is 12.6. The minimum atomic E-state index is -0.205. The van der Waals surface area contributed by atoms with Crippen molar-refractivity contribution in [1.82, 2.24) is 20.5 Å². The van der Waals surface area contributed by atoms with Crippen LogP contribution in [0.2, 0.25) is 0 Å². The Morgan fingerprint density at radius 1 is 1.12 bits per heavy atom. The molecule has 33 heavy (non-hydrogen) atoms. The van der Waals surface area contributed by atoms with E-state index in [0.717, 1.165) is 56.0 Å². The van der Waals surface area contributed by atoms with Crippen molar-refractivity contribution in [3.05, 3.63) is 30.0 Å². The van der Waals surface area contributed by atoms with Crippen LogP contribution >= 0.6 is 0 Å². The van der Waals surface area contributed by atoms with E-state index in [0.29, 0.717) is 24.5 Å². The number of carbonyl (C=O) groups excluding carboxylic acids is 3. The zero-order valence-electron chi connectivity index (χ0n) is 18.7. The Morgan fingerprint density at radius 2 is 1.97 bits per heavy atom. The molecule has 2 aromatic rings. The molecule has 4 amide bonds. The molecule has 2 atom stereocenters. The predicted molar refractivity (Wildman–Crippen MR) is 124 cm³/mol. The summed E-state index contributed by atoms with van der Waals surface area (Å²) in [5.74, 6) is -0.211. The van der Waals surface area contributed by atoms with E-state index in [2.05, 4.69) is 21.3 Å².